The van der Waals surface area contributed by atoms with Gasteiger partial charge in [-0.1, -0.05) is 35.9 Å². The van der Waals surface area contributed by atoms with Gasteiger partial charge in [-0.05, 0) is 30.3 Å². The minimum atomic E-state index is -0.649. The first-order valence-corrected chi connectivity index (χ1v) is 8.06. The number of hydrogen-bond acceptors (Lipinski definition) is 7. The lowest BCUT2D eigenvalue weighted by Crippen LogP contribution is -2.30. The second-order valence-electron chi connectivity index (χ2n) is 5.26. The van der Waals surface area contributed by atoms with E-state index in [0.29, 0.717) is 16.3 Å². The summed E-state index contributed by atoms with van der Waals surface area (Å²) in [5.74, 6) is -0.676. The highest BCUT2D eigenvalue weighted by Crippen LogP contribution is 2.31. The van der Waals surface area contributed by atoms with Crippen LogP contribution in [0.4, 0.5) is 23.0 Å². The van der Waals surface area contributed by atoms with E-state index < -0.39 is 16.5 Å². The zero-order valence-electron chi connectivity index (χ0n) is 13.7. The number of carbonyl (C=O) groups excluding carboxylic acids is 1. The number of halogens is 1. The molecule has 0 aliphatic heterocycles. The Morgan fingerprint density at radius 2 is 1.78 bits per heavy atom. The molecule has 9 nitrogen and oxygen atoms in total. The lowest BCUT2D eigenvalue weighted by molar-refractivity contribution is -0.383. The van der Waals surface area contributed by atoms with Gasteiger partial charge in [0.15, 0.2) is 0 Å². The van der Waals surface area contributed by atoms with E-state index in [1.54, 1.807) is 54.6 Å². The SMILES string of the molecule is O=C(NNc1ncnc(Nc2cccc(Cl)c2)c1[N+](=O)[O-])c1ccccc1. The number of nitro groups is 1. The third-order valence-electron chi connectivity index (χ3n) is 3.42. The number of carbonyl (C=O) groups is 1. The number of rotatable bonds is 6. The molecule has 0 atom stereocenters. The van der Waals surface area contributed by atoms with E-state index in [1.807, 2.05) is 0 Å². The van der Waals surface area contributed by atoms with Crippen LogP contribution in [0.25, 0.3) is 0 Å². The van der Waals surface area contributed by atoms with E-state index in [2.05, 4.69) is 26.1 Å². The Labute approximate surface area is 158 Å². The molecule has 1 amide bonds. The maximum Gasteiger partial charge on any atom is 0.355 e. The van der Waals surface area contributed by atoms with Gasteiger partial charge in [0.2, 0.25) is 11.6 Å². The predicted molar refractivity (Wildman–Crippen MR) is 101 cm³/mol. The first-order chi connectivity index (χ1) is 13.0. The smallest absolute Gasteiger partial charge is 0.334 e. The average Bonchev–Trinajstić information content (AvgIpc) is 2.66. The van der Waals surface area contributed by atoms with Crippen LogP contribution in [0, 0.1) is 10.1 Å². The van der Waals surface area contributed by atoms with Crippen LogP contribution in [0.15, 0.2) is 60.9 Å². The summed E-state index contributed by atoms with van der Waals surface area (Å²) >= 11 is 5.92. The van der Waals surface area contributed by atoms with E-state index >= 15 is 0 Å². The summed E-state index contributed by atoms with van der Waals surface area (Å²) in [6, 6.07) is 15.0. The van der Waals surface area contributed by atoms with Crippen molar-refractivity contribution >= 4 is 40.5 Å². The van der Waals surface area contributed by atoms with Gasteiger partial charge >= 0.3 is 5.69 Å². The zero-order valence-corrected chi connectivity index (χ0v) is 14.5. The number of benzene rings is 2. The van der Waals surface area contributed by atoms with Gasteiger partial charge in [0.1, 0.15) is 6.33 Å². The number of aromatic nitrogens is 2. The molecule has 0 aliphatic rings. The zero-order chi connectivity index (χ0) is 19.2. The summed E-state index contributed by atoms with van der Waals surface area (Å²) in [7, 11) is 0. The Hall–Kier alpha value is -3.72. The Bertz CT molecular complexity index is 983. The van der Waals surface area contributed by atoms with Crippen LogP contribution in [-0.4, -0.2) is 20.8 Å². The van der Waals surface area contributed by atoms with Crippen molar-refractivity contribution in [3.63, 3.8) is 0 Å². The molecule has 3 N–H and O–H groups in total. The first kappa shape index (κ1) is 18.1. The van der Waals surface area contributed by atoms with Crippen LogP contribution in [0.2, 0.25) is 5.02 Å². The fourth-order valence-electron chi connectivity index (χ4n) is 2.22. The Kier molecular flexibility index (Phi) is 5.43. The predicted octanol–water partition coefficient (Wildman–Crippen LogP) is 3.54. The maximum atomic E-state index is 12.1. The monoisotopic (exact) mass is 384 g/mol. The minimum absolute atomic E-state index is 0.0475. The molecule has 0 saturated heterocycles. The maximum absolute atomic E-state index is 12.1. The quantitative estimate of drug-likeness (QED) is 0.438. The van der Waals surface area contributed by atoms with Crippen molar-refractivity contribution in [2.24, 2.45) is 0 Å². The molecule has 1 heterocycles. The number of nitrogens with zero attached hydrogens (tertiary/aromatic N) is 3. The first-order valence-electron chi connectivity index (χ1n) is 7.68. The lowest BCUT2D eigenvalue weighted by Gasteiger charge is -2.11. The number of amides is 1. The Balaban J connectivity index is 1.83. The molecule has 2 aromatic carbocycles. The van der Waals surface area contributed by atoms with E-state index in [4.69, 9.17) is 11.6 Å². The number of anilines is 3. The lowest BCUT2D eigenvalue weighted by atomic mass is 10.2. The molecular weight excluding hydrogens is 372 g/mol. The molecule has 0 bridgehead atoms. The standard InChI is InChI=1S/C17H13ClN6O3/c18-12-7-4-8-13(9-12)21-15-14(24(26)27)16(20-10-19-15)22-23-17(25)11-5-2-1-3-6-11/h1-10H,(H,23,25)(H2,19,20,21,22). The van der Waals surface area contributed by atoms with Crippen molar-refractivity contribution in [2.75, 3.05) is 10.7 Å². The summed E-state index contributed by atoms with van der Waals surface area (Å²) < 4.78 is 0. The van der Waals surface area contributed by atoms with Gasteiger partial charge in [0.25, 0.3) is 5.91 Å². The van der Waals surface area contributed by atoms with Crippen LogP contribution in [0.5, 0.6) is 0 Å². The second-order valence-corrected chi connectivity index (χ2v) is 5.69. The van der Waals surface area contributed by atoms with Gasteiger partial charge in [0.05, 0.1) is 4.92 Å². The van der Waals surface area contributed by atoms with Gasteiger partial charge < -0.3 is 5.32 Å². The molecule has 0 aliphatic carbocycles. The van der Waals surface area contributed by atoms with Crippen LogP contribution in [0.1, 0.15) is 10.4 Å². The van der Waals surface area contributed by atoms with Crippen LogP contribution >= 0.6 is 11.6 Å². The molecule has 10 heteroatoms. The molecule has 0 spiro atoms. The molecule has 3 aromatic rings. The Morgan fingerprint density at radius 1 is 1.04 bits per heavy atom. The van der Waals surface area contributed by atoms with Gasteiger partial charge in [-0.25, -0.2) is 9.97 Å². The van der Waals surface area contributed by atoms with Crippen LogP contribution in [0.3, 0.4) is 0 Å². The minimum Gasteiger partial charge on any atom is -0.334 e. The van der Waals surface area contributed by atoms with Crippen LogP contribution in [-0.2, 0) is 0 Å². The molecule has 1 aromatic heterocycles. The summed E-state index contributed by atoms with van der Waals surface area (Å²) in [5, 5.41) is 14.8. The fraction of sp³-hybridized carbons (Fsp3) is 0. The van der Waals surface area contributed by atoms with E-state index in [1.165, 1.54) is 0 Å². The average molecular weight is 385 g/mol. The molecule has 0 unspecified atom stereocenters. The molecular formula is C17H13ClN6O3. The molecule has 3 rings (SSSR count). The number of nitrogens with one attached hydrogen (secondary N) is 3. The fourth-order valence-corrected chi connectivity index (χ4v) is 2.41. The molecule has 27 heavy (non-hydrogen) atoms. The van der Waals surface area contributed by atoms with Crippen molar-refractivity contribution in [1.82, 2.24) is 15.4 Å². The van der Waals surface area contributed by atoms with Gasteiger partial charge in [-0.3, -0.25) is 25.8 Å². The van der Waals surface area contributed by atoms with E-state index in [0.717, 1.165) is 6.33 Å². The van der Waals surface area contributed by atoms with Crippen molar-refractivity contribution in [2.45, 2.75) is 0 Å². The van der Waals surface area contributed by atoms with Crippen molar-refractivity contribution in [1.29, 1.82) is 0 Å². The largest absolute Gasteiger partial charge is 0.355 e. The topological polar surface area (TPSA) is 122 Å². The summed E-state index contributed by atoms with van der Waals surface area (Å²) in [6.07, 6.45) is 1.14. The summed E-state index contributed by atoms with van der Waals surface area (Å²) in [6.45, 7) is 0. The highest BCUT2D eigenvalue weighted by Gasteiger charge is 2.23. The highest BCUT2D eigenvalue weighted by atomic mass is 35.5. The Morgan fingerprint density at radius 3 is 2.48 bits per heavy atom. The van der Waals surface area contributed by atoms with Gasteiger partial charge in [-0.15, -0.1) is 0 Å². The second kappa shape index (κ2) is 8.11. The third-order valence-corrected chi connectivity index (χ3v) is 3.66. The van der Waals surface area contributed by atoms with Crippen LogP contribution < -0.4 is 16.2 Å². The van der Waals surface area contributed by atoms with E-state index in [-0.39, 0.29) is 11.6 Å². The molecule has 0 radical (unpaired) electrons. The van der Waals surface area contributed by atoms with Crippen molar-refractivity contribution in [3.05, 3.63) is 81.6 Å². The van der Waals surface area contributed by atoms with Gasteiger partial charge in [0, 0.05) is 16.3 Å². The number of hydrogen-bond donors (Lipinski definition) is 3. The molecule has 136 valence electrons. The molecule has 0 fully saturated rings. The van der Waals surface area contributed by atoms with Crippen molar-refractivity contribution in [3.8, 4) is 0 Å². The van der Waals surface area contributed by atoms with E-state index in [9.17, 15) is 14.9 Å². The third kappa shape index (κ3) is 4.47. The molecule has 0 saturated carbocycles. The van der Waals surface area contributed by atoms with Gasteiger partial charge in [-0.2, -0.15) is 0 Å². The normalized spacial score (nSPS) is 10.1. The highest BCUT2D eigenvalue weighted by molar-refractivity contribution is 6.30. The number of hydrazine groups is 1. The summed E-state index contributed by atoms with van der Waals surface area (Å²) in [5.41, 5.74) is 5.33. The van der Waals surface area contributed by atoms with Crippen molar-refractivity contribution < 1.29 is 9.72 Å². The summed E-state index contributed by atoms with van der Waals surface area (Å²) in [4.78, 5) is 30.7.